The third-order valence-corrected chi connectivity index (χ3v) is 4.26. The summed E-state index contributed by atoms with van der Waals surface area (Å²) in [5.74, 6) is -4.76. The SMILES string of the molecule is C=CC(F)(F)c1nc2ccc(OC(F)F)cc2nc1OC1CNC(C(=O)OC)C1. The molecule has 0 radical (unpaired) electrons. The summed E-state index contributed by atoms with van der Waals surface area (Å²) >= 11 is 0. The molecule has 2 aromatic rings. The van der Waals surface area contributed by atoms with Crippen LogP contribution < -0.4 is 14.8 Å². The second kappa shape index (κ2) is 8.19. The highest BCUT2D eigenvalue weighted by molar-refractivity contribution is 5.77. The van der Waals surface area contributed by atoms with Crippen LogP contribution in [0.5, 0.6) is 11.6 Å². The quantitative estimate of drug-likeness (QED) is 0.423. The Morgan fingerprint density at radius 2 is 2.10 bits per heavy atom. The molecule has 1 aromatic heterocycles. The maximum absolute atomic E-state index is 14.3. The Morgan fingerprint density at radius 3 is 2.76 bits per heavy atom. The molecule has 0 saturated carbocycles. The normalized spacial score (nSPS) is 19.4. The summed E-state index contributed by atoms with van der Waals surface area (Å²) in [6, 6.07) is 2.90. The lowest BCUT2D eigenvalue weighted by molar-refractivity contribution is -0.142. The van der Waals surface area contributed by atoms with Gasteiger partial charge in [0.1, 0.15) is 17.9 Å². The second-order valence-electron chi connectivity index (χ2n) is 6.19. The van der Waals surface area contributed by atoms with Gasteiger partial charge in [-0.2, -0.15) is 17.6 Å². The van der Waals surface area contributed by atoms with Crippen LogP contribution in [0.3, 0.4) is 0 Å². The third-order valence-electron chi connectivity index (χ3n) is 4.26. The standard InChI is InChI=1S/C18H17F4N3O4/c1-3-18(21,22)14-15(28-10-7-13(23-8-10)16(26)27-2)25-12-6-9(29-17(19)20)4-5-11(12)24-14/h3-6,10,13,17,23H,1,7-8H2,2H3. The van der Waals surface area contributed by atoms with Crippen molar-refractivity contribution in [1.82, 2.24) is 15.3 Å². The van der Waals surface area contributed by atoms with E-state index in [1.165, 1.54) is 19.2 Å². The average Bonchev–Trinajstić information content (AvgIpc) is 3.14. The molecule has 0 aliphatic carbocycles. The van der Waals surface area contributed by atoms with Crippen LogP contribution in [0, 0.1) is 0 Å². The number of methoxy groups -OCH3 is 1. The highest BCUT2D eigenvalue weighted by Gasteiger charge is 2.37. The number of benzene rings is 1. The molecule has 11 heteroatoms. The fourth-order valence-corrected chi connectivity index (χ4v) is 2.86. The van der Waals surface area contributed by atoms with E-state index in [4.69, 9.17) is 4.74 Å². The minimum absolute atomic E-state index is 0.0252. The van der Waals surface area contributed by atoms with Crippen molar-refractivity contribution >= 4 is 17.0 Å². The largest absolute Gasteiger partial charge is 0.471 e. The van der Waals surface area contributed by atoms with Gasteiger partial charge in [0.05, 0.1) is 18.1 Å². The van der Waals surface area contributed by atoms with E-state index in [1.54, 1.807) is 0 Å². The van der Waals surface area contributed by atoms with Crippen LogP contribution in [-0.2, 0) is 15.5 Å². The van der Waals surface area contributed by atoms with Gasteiger partial charge in [-0.15, -0.1) is 0 Å². The first-order chi connectivity index (χ1) is 13.7. The molecule has 29 heavy (non-hydrogen) atoms. The number of hydrogen-bond acceptors (Lipinski definition) is 7. The number of nitrogens with one attached hydrogen (secondary N) is 1. The number of carbonyl (C=O) groups is 1. The highest BCUT2D eigenvalue weighted by atomic mass is 19.3. The van der Waals surface area contributed by atoms with Crippen molar-refractivity contribution in [3.63, 3.8) is 0 Å². The molecule has 2 unspecified atom stereocenters. The third kappa shape index (κ3) is 4.56. The van der Waals surface area contributed by atoms with Crippen molar-refractivity contribution in [3.05, 3.63) is 36.5 Å². The van der Waals surface area contributed by atoms with E-state index in [2.05, 4.69) is 31.3 Å². The molecular weight excluding hydrogens is 398 g/mol. The summed E-state index contributed by atoms with van der Waals surface area (Å²) in [5, 5.41) is 2.86. The summed E-state index contributed by atoms with van der Waals surface area (Å²) in [4.78, 5) is 19.5. The van der Waals surface area contributed by atoms with Crippen LogP contribution in [0.15, 0.2) is 30.9 Å². The molecule has 2 atom stereocenters. The monoisotopic (exact) mass is 415 g/mol. The molecule has 3 rings (SSSR count). The van der Waals surface area contributed by atoms with Gasteiger partial charge >= 0.3 is 18.5 Å². The number of esters is 1. The topological polar surface area (TPSA) is 82.6 Å². The fraction of sp³-hybridized carbons (Fsp3) is 0.389. The van der Waals surface area contributed by atoms with Gasteiger partial charge in [0.2, 0.25) is 5.88 Å². The fourth-order valence-electron chi connectivity index (χ4n) is 2.86. The van der Waals surface area contributed by atoms with E-state index in [0.29, 0.717) is 6.08 Å². The molecule has 1 N–H and O–H groups in total. The number of allylic oxidation sites excluding steroid dienone is 1. The van der Waals surface area contributed by atoms with Gasteiger partial charge in [0, 0.05) is 19.0 Å². The zero-order chi connectivity index (χ0) is 21.2. The molecule has 1 aliphatic heterocycles. The molecule has 2 heterocycles. The Morgan fingerprint density at radius 1 is 1.34 bits per heavy atom. The predicted octanol–water partition coefficient (Wildman–Crippen LogP) is 2.79. The Bertz CT molecular complexity index is 925. The minimum Gasteiger partial charge on any atom is -0.471 e. The van der Waals surface area contributed by atoms with Gasteiger partial charge in [-0.3, -0.25) is 4.79 Å². The highest BCUT2D eigenvalue weighted by Crippen LogP contribution is 2.36. The maximum Gasteiger partial charge on any atom is 0.387 e. The summed E-state index contributed by atoms with van der Waals surface area (Å²) < 4.78 is 68.1. The first-order valence-corrected chi connectivity index (χ1v) is 8.50. The predicted molar refractivity (Wildman–Crippen MR) is 93.1 cm³/mol. The van der Waals surface area contributed by atoms with Crippen molar-refractivity contribution in [2.75, 3.05) is 13.7 Å². The van der Waals surface area contributed by atoms with Crippen molar-refractivity contribution in [2.24, 2.45) is 0 Å². The number of fused-ring (bicyclic) bond motifs is 1. The number of aromatic nitrogens is 2. The van der Waals surface area contributed by atoms with Crippen LogP contribution in [0.25, 0.3) is 11.0 Å². The molecule has 1 saturated heterocycles. The van der Waals surface area contributed by atoms with Crippen molar-refractivity contribution in [2.45, 2.75) is 31.1 Å². The number of rotatable bonds is 7. The minimum atomic E-state index is -3.55. The average molecular weight is 415 g/mol. The van der Waals surface area contributed by atoms with E-state index in [-0.39, 0.29) is 29.7 Å². The van der Waals surface area contributed by atoms with Gasteiger partial charge in [-0.05, 0) is 18.2 Å². The number of nitrogens with zero attached hydrogens (tertiary/aromatic N) is 2. The lowest BCUT2D eigenvalue weighted by Gasteiger charge is -2.19. The van der Waals surface area contributed by atoms with Crippen LogP contribution in [-0.4, -0.2) is 48.3 Å². The van der Waals surface area contributed by atoms with Crippen LogP contribution in [0.4, 0.5) is 17.6 Å². The first kappa shape index (κ1) is 20.8. The van der Waals surface area contributed by atoms with Crippen molar-refractivity contribution < 1.29 is 36.6 Å². The molecule has 1 aromatic carbocycles. The second-order valence-corrected chi connectivity index (χ2v) is 6.19. The van der Waals surface area contributed by atoms with Crippen LogP contribution in [0.2, 0.25) is 0 Å². The lowest BCUT2D eigenvalue weighted by Crippen LogP contribution is -2.31. The molecule has 0 bridgehead atoms. The Balaban J connectivity index is 1.97. The molecule has 7 nitrogen and oxygen atoms in total. The summed E-state index contributed by atoms with van der Waals surface area (Å²) in [7, 11) is 1.23. The Hall–Kier alpha value is -2.95. The molecule has 156 valence electrons. The molecule has 1 fully saturated rings. The molecule has 0 amide bonds. The van der Waals surface area contributed by atoms with Crippen LogP contribution in [0.1, 0.15) is 12.1 Å². The van der Waals surface area contributed by atoms with E-state index in [9.17, 15) is 22.4 Å². The van der Waals surface area contributed by atoms with Gasteiger partial charge in [-0.25, -0.2) is 9.97 Å². The molecule has 1 aliphatic rings. The van der Waals surface area contributed by atoms with Gasteiger partial charge in [-0.1, -0.05) is 6.58 Å². The number of hydrogen-bond donors (Lipinski definition) is 1. The first-order valence-electron chi connectivity index (χ1n) is 8.50. The molecular formula is C18H17F4N3O4. The lowest BCUT2D eigenvalue weighted by atomic mass is 10.2. The van der Waals surface area contributed by atoms with E-state index < -0.39 is 42.2 Å². The van der Waals surface area contributed by atoms with Gasteiger partial charge < -0.3 is 19.5 Å². The Kier molecular flexibility index (Phi) is 5.87. The summed E-state index contributed by atoms with van der Waals surface area (Å²) in [6.45, 7) is 0.237. The van der Waals surface area contributed by atoms with Crippen LogP contribution >= 0.6 is 0 Å². The molecule has 0 spiro atoms. The maximum atomic E-state index is 14.3. The van der Waals surface area contributed by atoms with Crippen molar-refractivity contribution in [1.29, 1.82) is 0 Å². The summed E-state index contributed by atoms with van der Waals surface area (Å²) in [5.41, 5.74) is -0.714. The smallest absolute Gasteiger partial charge is 0.387 e. The Labute approximate surface area is 162 Å². The van der Waals surface area contributed by atoms with E-state index >= 15 is 0 Å². The zero-order valence-electron chi connectivity index (χ0n) is 15.2. The van der Waals surface area contributed by atoms with E-state index in [1.807, 2.05) is 0 Å². The summed E-state index contributed by atoms with van der Waals surface area (Å²) in [6.07, 6.45) is -0.0977. The van der Waals surface area contributed by atoms with E-state index in [0.717, 1.165) is 6.07 Å². The van der Waals surface area contributed by atoms with Crippen molar-refractivity contribution in [3.8, 4) is 11.6 Å². The number of alkyl halides is 4. The number of halogens is 4. The number of ether oxygens (including phenoxy) is 3. The zero-order valence-corrected chi connectivity index (χ0v) is 15.2. The number of carbonyl (C=O) groups excluding carboxylic acids is 1. The van der Waals surface area contributed by atoms with Gasteiger partial charge in [0.15, 0.2) is 5.69 Å². The van der Waals surface area contributed by atoms with Gasteiger partial charge in [0.25, 0.3) is 0 Å².